The highest BCUT2D eigenvalue weighted by Crippen LogP contribution is 2.42. The summed E-state index contributed by atoms with van der Waals surface area (Å²) in [6.07, 6.45) is 1.81. The molecular weight excluding hydrogens is 647 g/mol. The number of fused-ring (bicyclic) bond motifs is 2. The van der Waals surface area contributed by atoms with Gasteiger partial charge >= 0.3 is 5.97 Å². The number of hydrogen-bond donors (Lipinski definition) is 0. The molecule has 0 bridgehead atoms. The molecule has 1 aliphatic rings. The second kappa shape index (κ2) is 14.1. The first-order chi connectivity index (χ1) is 24.5. The molecule has 0 unspecified atom stereocenters. The lowest BCUT2D eigenvalue weighted by molar-refractivity contribution is -0.138. The van der Waals surface area contributed by atoms with Crippen LogP contribution in [-0.4, -0.2) is 24.3 Å². The molecule has 1 atom stereocenters. The van der Waals surface area contributed by atoms with Gasteiger partial charge in [0.1, 0.15) is 24.1 Å². The van der Waals surface area contributed by atoms with Crippen LogP contribution in [0.2, 0.25) is 0 Å². The summed E-state index contributed by atoms with van der Waals surface area (Å²) >= 11 is 1.25. The molecule has 1 aliphatic heterocycles. The van der Waals surface area contributed by atoms with Gasteiger partial charge in [0.2, 0.25) is 0 Å². The lowest BCUT2D eigenvalue weighted by Gasteiger charge is -2.28. The van der Waals surface area contributed by atoms with Crippen LogP contribution >= 0.6 is 11.3 Å². The number of rotatable bonds is 9. The molecule has 0 saturated carbocycles. The molecule has 0 spiro atoms. The van der Waals surface area contributed by atoms with Crippen molar-refractivity contribution in [3.63, 3.8) is 0 Å². The van der Waals surface area contributed by atoms with E-state index < -0.39 is 12.0 Å². The quantitative estimate of drug-likeness (QED) is 0.161. The van der Waals surface area contributed by atoms with Crippen LogP contribution in [0.15, 0.2) is 131 Å². The van der Waals surface area contributed by atoms with Crippen molar-refractivity contribution in [3.05, 3.63) is 168 Å². The molecule has 0 radical (unpaired) electrons. The average Bonchev–Trinajstić information content (AvgIpc) is 3.47. The molecule has 0 fully saturated rings. The number of carbonyl (C=O) groups excluding carboxylic acids is 1. The van der Waals surface area contributed by atoms with Crippen molar-refractivity contribution in [1.29, 1.82) is 5.26 Å². The zero-order chi connectivity index (χ0) is 34.6. The number of esters is 1. The number of carbonyl (C=O) groups is 1. The Bertz CT molecular complexity index is 2490. The summed E-state index contributed by atoms with van der Waals surface area (Å²) in [4.78, 5) is 33.9. The predicted molar refractivity (Wildman–Crippen MR) is 193 cm³/mol. The summed E-state index contributed by atoms with van der Waals surface area (Å²) in [5.74, 6) is 0.607. The van der Waals surface area contributed by atoms with E-state index in [0.29, 0.717) is 37.7 Å². The van der Waals surface area contributed by atoms with Crippen LogP contribution in [0.4, 0.5) is 0 Å². The van der Waals surface area contributed by atoms with Gasteiger partial charge in [0.25, 0.3) is 5.56 Å². The van der Waals surface area contributed by atoms with Crippen molar-refractivity contribution in [1.82, 2.24) is 4.57 Å². The third-order valence-electron chi connectivity index (χ3n) is 8.51. The lowest BCUT2D eigenvalue weighted by atomic mass is 9.89. The lowest BCUT2D eigenvalue weighted by Crippen LogP contribution is -2.40. The van der Waals surface area contributed by atoms with Crippen LogP contribution in [0.1, 0.15) is 40.8 Å². The number of methoxy groups -OCH3 is 1. The maximum absolute atomic E-state index is 14.5. The Balaban J connectivity index is 1.39. The number of benzene rings is 5. The Morgan fingerprint density at radius 3 is 2.44 bits per heavy atom. The number of ether oxygens (including phenoxy) is 3. The van der Waals surface area contributed by atoms with E-state index in [2.05, 4.69) is 6.07 Å². The van der Waals surface area contributed by atoms with Gasteiger partial charge in [-0.1, -0.05) is 102 Å². The van der Waals surface area contributed by atoms with E-state index in [1.54, 1.807) is 24.7 Å². The van der Waals surface area contributed by atoms with Crippen molar-refractivity contribution in [2.45, 2.75) is 19.6 Å². The van der Waals surface area contributed by atoms with E-state index in [1.807, 2.05) is 115 Å². The first-order valence-electron chi connectivity index (χ1n) is 16.1. The van der Waals surface area contributed by atoms with Crippen molar-refractivity contribution in [2.24, 2.45) is 4.99 Å². The molecule has 0 amide bonds. The average molecular weight is 678 g/mol. The normalized spacial score (nSPS) is 14.1. The van der Waals surface area contributed by atoms with Crippen LogP contribution in [0, 0.1) is 11.3 Å². The van der Waals surface area contributed by atoms with Crippen molar-refractivity contribution < 1.29 is 19.0 Å². The third kappa shape index (κ3) is 6.09. The minimum atomic E-state index is -0.893. The van der Waals surface area contributed by atoms with Crippen molar-refractivity contribution in [2.75, 3.05) is 13.7 Å². The summed E-state index contributed by atoms with van der Waals surface area (Å²) in [6, 6.07) is 37.1. The highest BCUT2D eigenvalue weighted by molar-refractivity contribution is 7.07. The number of aromatic nitrogens is 1. The fraction of sp³-hybridized carbons (Fsp3) is 0.122. The van der Waals surface area contributed by atoms with Gasteiger partial charge in [0, 0.05) is 16.7 Å². The van der Waals surface area contributed by atoms with E-state index in [4.69, 9.17) is 19.2 Å². The Labute approximate surface area is 292 Å². The highest BCUT2D eigenvalue weighted by atomic mass is 32.1. The maximum atomic E-state index is 14.5. The molecule has 0 N–H and O–H groups in total. The molecule has 1 aromatic heterocycles. The van der Waals surface area contributed by atoms with E-state index in [1.165, 1.54) is 11.3 Å². The predicted octanol–water partition coefficient (Wildman–Crippen LogP) is 6.55. The monoisotopic (exact) mass is 677 g/mol. The SMILES string of the molecule is CCOC(=O)C1=C(c2ccccc2)N=c2s/c(=C/c3ccc(OCc4ccccc4C#N)cc3)c(=O)n2[C@H]1c1c(OC)ccc2ccccc12. The molecule has 8 nitrogen and oxygen atoms in total. The Morgan fingerprint density at radius 2 is 1.68 bits per heavy atom. The van der Waals surface area contributed by atoms with E-state index in [0.717, 1.165) is 27.5 Å². The highest BCUT2D eigenvalue weighted by Gasteiger charge is 2.37. The van der Waals surface area contributed by atoms with Crippen LogP contribution < -0.4 is 24.4 Å². The molecule has 0 saturated heterocycles. The molecule has 50 heavy (non-hydrogen) atoms. The van der Waals surface area contributed by atoms with E-state index in [9.17, 15) is 14.9 Å². The fourth-order valence-corrected chi connectivity index (χ4v) is 7.18. The molecule has 9 heteroatoms. The summed E-state index contributed by atoms with van der Waals surface area (Å²) in [7, 11) is 1.58. The molecule has 5 aromatic carbocycles. The number of nitriles is 1. The van der Waals surface area contributed by atoms with Gasteiger partial charge in [0.15, 0.2) is 4.80 Å². The van der Waals surface area contributed by atoms with Gasteiger partial charge in [-0.15, -0.1) is 0 Å². The van der Waals surface area contributed by atoms with E-state index in [-0.39, 0.29) is 24.3 Å². The summed E-state index contributed by atoms with van der Waals surface area (Å²) < 4.78 is 19.6. The first-order valence-corrected chi connectivity index (χ1v) is 16.9. The molecule has 0 aliphatic carbocycles. The molecule has 246 valence electrons. The summed E-state index contributed by atoms with van der Waals surface area (Å²) in [5, 5.41) is 11.2. The largest absolute Gasteiger partial charge is 0.496 e. The van der Waals surface area contributed by atoms with Crippen LogP contribution in [0.3, 0.4) is 0 Å². The fourth-order valence-electron chi connectivity index (χ4n) is 6.18. The minimum absolute atomic E-state index is 0.152. The molecular formula is C41H31N3O5S. The van der Waals surface area contributed by atoms with Crippen LogP contribution in [0.5, 0.6) is 11.5 Å². The van der Waals surface area contributed by atoms with Gasteiger partial charge in [0.05, 0.1) is 41.2 Å². The van der Waals surface area contributed by atoms with Crippen LogP contribution in [0.25, 0.3) is 22.5 Å². The molecule has 6 aromatic rings. The Morgan fingerprint density at radius 1 is 0.940 bits per heavy atom. The zero-order valence-corrected chi connectivity index (χ0v) is 28.1. The van der Waals surface area contributed by atoms with Gasteiger partial charge in [-0.2, -0.15) is 5.26 Å². The van der Waals surface area contributed by atoms with Crippen molar-refractivity contribution in [3.8, 4) is 17.6 Å². The first kappa shape index (κ1) is 32.3. The second-order valence-electron chi connectivity index (χ2n) is 11.5. The van der Waals surface area contributed by atoms with Crippen molar-refractivity contribution >= 4 is 39.9 Å². The Hall–Kier alpha value is -6.24. The Kier molecular flexibility index (Phi) is 9.10. The standard InChI is InChI=1S/C41H31N3O5S/c1-3-48-40(46)36-37(28-12-5-4-6-13-28)43-41-44(38(36)35-32-16-10-9-11-27(32)19-22-33(35)47-2)39(45)34(50-41)23-26-17-20-31(21-18-26)49-25-30-15-8-7-14-29(30)24-42/h4-23,38H,3,25H2,1-2H3/b34-23+/t38-/m0/s1. The minimum Gasteiger partial charge on any atom is -0.496 e. The number of hydrogen-bond acceptors (Lipinski definition) is 8. The number of nitrogens with zero attached hydrogens (tertiary/aromatic N) is 3. The van der Waals surface area contributed by atoms with Gasteiger partial charge in [-0.25, -0.2) is 9.79 Å². The summed E-state index contributed by atoms with van der Waals surface area (Å²) in [6.45, 7) is 2.16. The smallest absolute Gasteiger partial charge is 0.338 e. The zero-order valence-electron chi connectivity index (χ0n) is 27.3. The molecule has 7 rings (SSSR count). The topological polar surface area (TPSA) is 103 Å². The third-order valence-corrected chi connectivity index (χ3v) is 9.49. The maximum Gasteiger partial charge on any atom is 0.338 e. The van der Waals surface area contributed by atoms with Gasteiger partial charge in [-0.3, -0.25) is 9.36 Å². The van der Waals surface area contributed by atoms with E-state index >= 15 is 0 Å². The second-order valence-corrected chi connectivity index (χ2v) is 12.5. The number of thiazole rings is 1. The van der Waals surface area contributed by atoms with Gasteiger partial charge < -0.3 is 14.2 Å². The van der Waals surface area contributed by atoms with Gasteiger partial charge in [-0.05, 0) is 53.6 Å². The molecule has 2 heterocycles. The van der Waals surface area contributed by atoms with Crippen LogP contribution in [-0.2, 0) is 16.1 Å². The summed E-state index contributed by atoms with van der Waals surface area (Å²) in [5.41, 5.74) is 3.95.